The van der Waals surface area contributed by atoms with Crippen LogP contribution in [0.2, 0.25) is 0 Å². The zero-order valence-corrected chi connectivity index (χ0v) is 12.3. The highest BCUT2D eigenvalue weighted by Gasteiger charge is 2.20. The first-order valence-electron chi connectivity index (χ1n) is 6.53. The molecular weight excluding hydrogens is 296 g/mol. The zero-order chi connectivity index (χ0) is 15.9. The van der Waals surface area contributed by atoms with Crippen molar-refractivity contribution in [2.75, 3.05) is 0 Å². The number of hydrogen-bond donors (Lipinski definition) is 3. The molecule has 21 heavy (non-hydrogen) atoms. The lowest BCUT2D eigenvalue weighted by Crippen LogP contribution is -2.32. The van der Waals surface area contributed by atoms with Crippen LogP contribution in [0.4, 0.5) is 4.79 Å². The summed E-state index contributed by atoms with van der Waals surface area (Å²) in [5.74, 6) is 0. The van der Waals surface area contributed by atoms with Crippen LogP contribution in [0.5, 0.6) is 0 Å². The maximum Gasteiger partial charge on any atom is 0.404 e. The minimum Gasteiger partial charge on any atom is -0.446 e. The molecule has 0 aliphatic heterocycles. The van der Waals surface area contributed by atoms with E-state index in [-0.39, 0.29) is 17.0 Å². The summed E-state index contributed by atoms with van der Waals surface area (Å²) in [6, 6.07) is 7.70. The molecule has 118 valence electrons. The van der Waals surface area contributed by atoms with Crippen molar-refractivity contribution >= 4 is 16.2 Å². The van der Waals surface area contributed by atoms with Gasteiger partial charge in [-0.1, -0.05) is 18.2 Å². The fourth-order valence-corrected chi connectivity index (χ4v) is 2.46. The summed E-state index contributed by atoms with van der Waals surface area (Å²) in [6.45, 7) is 0. The van der Waals surface area contributed by atoms with Gasteiger partial charge in [0.15, 0.2) is 0 Å². The van der Waals surface area contributed by atoms with Gasteiger partial charge in [0.25, 0.3) is 10.1 Å². The van der Waals surface area contributed by atoms with Gasteiger partial charge in [-0.2, -0.15) is 8.42 Å². The van der Waals surface area contributed by atoms with E-state index in [0.717, 1.165) is 25.7 Å². The number of ether oxygens (including phenoxy) is 1. The summed E-state index contributed by atoms with van der Waals surface area (Å²) in [7, 11) is -4.00. The van der Waals surface area contributed by atoms with Crippen LogP contribution in [0.3, 0.4) is 0 Å². The summed E-state index contributed by atoms with van der Waals surface area (Å²) in [6.07, 6.45) is 2.89. The third-order valence-corrected chi connectivity index (χ3v) is 3.91. The molecule has 1 aromatic carbocycles. The standard InChI is InChI=1S/C7H14N2O2.C6H6O3S/c8-5-1-3-6(4-2-5)11-7(9)10;7-10(8,9)6-4-2-1-3-5-6/h5-6H,1-4,8H2,(H2,9,10);1-5H,(H,7,8,9). The topological polar surface area (TPSA) is 133 Å². The second kappa shape index (κ2) is 7.96. The van der Waals surface area contributed by atoms with Crippen molar-refractivity contribution in [3.8, 4) is 0 Å². The smallest absolute Gasteiger partial charge is 0.404 e. The van der Waals surface area contributed by atoms with Gasteiger partial charge >= 0.3 is 6.09 Å². The van der Waals surface area contributed by atoms with E-state index in [1.165, 1.54) is 12.1 Å². The number of benzene rings is 1. The van der Waals surface area contributed by atoms with Gasteiger partial charge < -0.3 is 16.2 Å². The third-order valence-electron chi connectivity index (χ3n) is 3.04. The number of rotatable bonds is 2. The number of carbonyl (C=O) groups is 1. The molecule has 1 aliphatic carbocycles. The van der Waals surface area contributed by atoms with Crippen molar-refractivity contribution in [1.82, 2.24) is 0 Å². The average molecular weight is 316 g/mol. The van der Waals surface area contributed by atoms with Crippen LogP contribution in [0.15, 0.2) is 35.2 Å². The highest BCUT2D eigenvalue weighted by molar-refractivity contribution is 7.85. The first kappa shape index (κ1) is 17.4. The van der Waals surface area contributed by atoms with Gasteiger partial charge in [-0.15, -0.1) is 0 Å². The van der Waals surface area contributed by atoms with E-state index in [1.54, 1.807) is 18.2 Å². The van der Waals surface area contributed by atoms with Crippen molar-refractivity contribution in [1.29, 1.82) is 0 Å². The Hall–Kier alpha value is -1.64. The molecule has 1 amide bonds. The van der Waals surface area contributed by atoms with E-state index in [0.29, 0.717) is 0 Å². The minimum absolute atomic E-state index is 0.00676. The number of hydrogen-bond acceptors (Lipinski definition) is 5. The molecule has 1 aliphatic rings. The van der Waals surface area contributed by atoms with Gasteiger partial charge in [0.05, 0.1) is 4.90 Å². The molecule has 0 atom stereocenters. The van der Waals surface area contributed by atoms with Gasteiger partial charge in [0, 0.05) is 6.04 Å². The van der Waals surface area contributed by atoms with Crippen molar-refractivity contribution in [2.24, 2.45) is 11.5 Å². The lowest BCUT2D eigenvalue weighted by Gasteiger charge is -2.24. The fraction of sp³-hybridized carbons (Fsp3) is 0.462. The van der Waals surface area contributed by atoms with E-state index in [1.807, 2.05) is 0 Å². The average Bonchev–Trinajstić information content (AvgIpc) is 2.42. The summed E-state index contributed by atoms with van der Waals surface area (Å²) in [5.41, 5.74) is 10.5. The van der Waals surface area contributed by atoms with Crippen LogP contribution in [0.25, 0.3) is 0 Å². The summed E-state index contributed by atoms with van der Waals surface area (Å²) in [4.78, 5) is 10.2. The molecule has 0 bridgehead atoms. The Bertz CT molecular complexity index is 539. The normalized spacial score (nSPS) is 21.8. The molecule has 1 fully saturated rings. The predicted octanol–water partition coefficient (Wildman–Crippen LogP) is 1.28. The number of amides is 1. The number of nitrogens with two attached hydrogens (primary N) is 2. The van der Waals surface area contributed by atoms with Crippen LogP contribution >= 0.6 is 0 Å². The Morgan fingerprint density at radius 1 is 1.14 bits per heavy atom. The Kier molecular flexibility index (Phi) is 6.60. The van der Waals surface area contributed by atoms with Crippen molar-refractivity contribution < 1.29 is 22.5 Å². The van der Waals surface area contributed by atoms with Crippen LogP contribution < -0.4 is 11.5 Å². The maximum absolute atomic E-state index is 10.4. The number of carbonyl (C=O) groups excluding carboxylic acids is 1. The molecule has 0 spiro atoms. The van der Waals surface area contributed by atoms with Crippen molar-refractivity contribution in [3.63, 3.8) is 0 Å². The molecule has 1 aromatic rings. The second-order valence-electron chi connectivity index (χ2n) is 4.76. The van der Waals surface area contributed by atoms with Crippen molar-refractivity contribution in [2.45, 2.75) is 42.7 Å². The highest BCUT2D eigenvalue weighted by Crippen LogP contribution is 2.19. The van der Waals surface area contributed by atoms with Crippen LogP contribution in [0, 0.1) is 0 Å². The van der Waals surface area contributed by atoms with Crippen LogP contribution in [0.1, 0.15) is 25.7 Å². The third kappa shape index (κ3) is 7.07. The molecule has 7 nitrogen and oxygen atoms in total. The molecule has 0 unspecified atom stereocenters. The van der Waals surface area contributed by atoms with E-state index < -0.39 is 16.2 Å². The number of primary amides is 1. The molecular formula is C13H20N2O5S. The Morgan fingerprint density at radius 2 is 1.67 bits per heavy atom. The largest absolute Gasteiger partial charge is 0.446 e. The molecule has 5 N–H and O–H groups in total. The molecule has 0 radical (unpaired) electrons. The first-order valence-corrected chi connectivity index (χ1v) is 7.97. The Balaban J connectivity index is 0.000000211. The zero-order valence-electron chi connectivity index (χ0n) is 11.5. The highest BCUT2D eigenvalue weighted by atomic mass is 32.2. The SMILES string of the molecule is NC(=O)OC1CCC(N)CC1.O=S(=O)(O)c1ccccc1. The van der Waals surface area contributed by atoms with Gasteiger partial charge in [0.1, 0.15) is 6.10 Å². The van der Waals surface area contributed by atoms with Gasteiger partial charge in [-0.3, -0.25) is 4.55 Å². The summed E-state index contributed by atoms with van der Waals surface area (Å²) in [5, 5.41) is 0. The Morgan fingerprint density at radius 3 is 2.05 bits per heavy atom. The van der Waals surface area contributed by atoms with E-state index in [4.69, 9.17) is 20.8 Å². The van der Waals surface area contributed by atoms with Crippen LogP contribution in [-0.4, -0.2) is 31.2 Å². The fourth-order valence-electron chi connectivity index (χ4n) is 1.96. The van der Waals surface area contributed by atoms with E-state index >= 15 is 0 Å². The molecule has 0 aromatic heterocycles. The first-order chi connectivity index (χ1) is 9.79. The predicted molar refractivity (Wildman–Crippen MR) is 77.2 cm³/mol. The molecule has 0 heterocycles. The van der Waals surface area contributed by atoms with Gasteiger partial charge in [0.2, 0.25) is 0 Å². The molecule has 0 saturated heterocycles. The van der Waals surface area contributed by atoms with E-state index in [9.17, 15) is 13.2 Å². The lowest BCUT2D eigenvalue weighted by atomic mass is 9.94. The molecule has 8 heteroatoms. The van der Waals surface area contributed by atoms with Crippen LogP contribution in [-0.2, 0) is 14.9 Å². The summed E-state index contributed by atoms with van der Waals surface area (Å²) >= 11 is 0. The second-order valence-corrected chi connectivity index (χ2v) is 6.18. The van der Waals surface area contributed by atoms with E-state index in [2.05, 4.69) is 0 Å². The maximum atomic E-state index is 10.4. The monoisotopic (exact) mass is 316 g/mol. The molecule has 1 saturated carbocycles. The molecule has 2 rings (SSSR count). The van der Waals surface area contributed by atoms with Crippen molar-refractivity contribution in [3.05, 3.63) is 30.3 Å². The van der Waals surface area contributed by atoms with Gasteiger partial charge in [-0.05, 0) is 37.8 Å². The quantitative estimate of drug-likeness (QED) is 0.704. The summed E-state index contributed by atoms with van der Waals surface area (Å²) < 4.78 is 34.1. The van der Waals surface area contributed by atoms with Gasteiger partial charge in [-0.25, -0.2) is 4.79 Å². The Labute approximate surface area is 124 Å². The lowest BCUT2D eigenvalue weighted by molar-refractivity contribution is 0.0791. The minimum atomic E-state index is -4.00.